The van der Waals surface area contributed by atoms with Crippen molar-refractivity contribution >= 4 is 12.4 Å². The number of methoxy groups -OCH3 is 1. The molecule has 0 radical (unpaired) electrons. The van der Waals surface area contributed by atoms with Crippen molar-refractivity contribution in [1.29, 1.82) is 0 Å². The van der Waals surface area contributed by atoms with Crippen LogP contribution in [0.15, 0.2) is 4.99 Å². The van der Waals surface area contributed by atoms with E-state index >= 15 is 0 Å². The molecule has 0 saturated carbocycles. The van der Waals surface area contributed by atoms with Gasteiger partial charge in [0.15, 0.2) is 0 Å². The van der Waals surface area contributed by atoms with E-state index in [1.807, 2.05) is 6.21 Å². The third kappa shape index (κ3) is 2.57. The van der Waals surface area contributed by atoms with Gasteiger partial charge >= 0.3 is 6.16 Å². The van der Waals surface area contributed by atoms with Crippen molar-refractivity contribution in [3.63, 3.8) is 0 Å². The van der Waals surface area contributed by atoms with E-state index in [4.69, 9.17) is 4.74 Å². The number of rotatable bonds is 1. The van der Waals surface area contributed by atoms with Crippen LogP contribution in [-0.4, -0.2) is 32.1 Å². The molecule has 0 aromatic rings. The lowest BCUT2D eigenvalue weighted by atomic mass is 10.2. The van der Waals surface area contributed by atoms with Gasteiger partial charge in [-0.25, -0.2) is 4.79 Å². The normalized spacial score (nSPS) is 22.8. The second kappa shape index (κ2) is 3.95. The molecular formula is C7H11NO3. The van der Waals surface area contributed by atoms with Gasteiger partial charge in [-0.1, -0.05) is 0 Å². The number of carbonyl (C=O) groups excluding carboxylic acids is 1. The van der Waals surface area contributed by atoms with Gasteiger partial charge in [0, 0.05) is 0 Å². The fourth-order valence-corrected chi connectivity index (χ4v) is 0.915. The van der Waals surface area contributed by atoms with Gasteiger partial charge in [-0.05, 0) is 19.1 Å². The van der Waals surface area contributed by atoms with Crippen LogP contribution in [0, 0.1) is 0 Å². The molecule has 1 aliphatic rings. The number of aliphatic imine (C=N–C) groups is 1. The van der Waals surface area contributed by atoms with E-state index in [0.29, 0.717) is 6.54 Å². The molecule has 0 spiro atoms. The first-order valence-electron chi connectivity index (χ1n) is 3.56. The Labute approximate surface area is 65.2 Å². The van der Waals surface area contributed by atoms with Crippen LogP contribution in [0.3, 0.4) is 0 Å². The molecule has 11 heavy (non-hydrogen) atoms. The predicted octanol–water partition coefficient (Wildman–Crippen LogP) is 1.00. The summed E-state index contributed by atoms with van der Waals surface area (Å²) in [4.78, 5) is 14.6. The zero-order valence-electron chi connectivity index (χ0n) is 6.45. The van der Waals surface area contributed by atoms with Gasteiger partial charge < -0.3 is 9.47 Å². The first-order valence-corrected chi connectivity index (χ1v) is 3.56. The van der Waals surface area contributed by atoms with E-state index in [9.17, 15) is 4.79 Å². The van der Waals surface area contributed by atoms with Crippen molar-refractivity contribution in [3.8, 4) is 0 Å². The Morgan fingerprint density at radius 1 is 1.73 bits per heavy atom. The van der Waals surface area contributed by atoms with Crippen LogP contribution in [0.4, 0.5) is 4.79 Å². The van der Waals surface area contributed by atoms with Crippen molar-refractivity contribution in [1.82, 2.24) is 0 Å². The summed E-state index contributed by atoms with van der Waals surface area (Å²) < 4.78 is 9.21. The van der Waals surface area contributed by atoms with Gasteiger partial charge in [0.25, 0.3) is 0 Å². The van der Waals surface area contributed by atoms with Crippen LogP contribution in [0.25, 0.3) is 0 Å². The average molecular weight is 157 g/mol. The summed E-state index contributed by atoms with van der Waals surface area (Å²) in [6, 6.07) is 0. The van der Waals surface area contributed by atoms with Gasteiger partial charge in [0.05, 0.1) is 13.7 Å². The van der Waals surface area contributed by atoms with E-state index in [-0.39, 0.29) is 6.10 Å². The predicted molar refractivity (Wildman–Crippen MR) is 39.9 cm³/mol. The van der Waals surface area contributed by atoms with Crippen molar-refractivity contribution in [3.05, 3.63) is 0 Å². The second-order valence-electron chi connectivity index (χ2n) is 2.32. The highest BCUT2D eigenvalue weighted by molar-refractivity contribution is 5.61. The summed E-state index contributed by atoms with van der Waals surface area (Å²) in [5.41, 5.74) is 0. The molecular weight excluding hydrogens is 146 g/mol. The Hall–Kier alpha value is -1.06. The molecule has 0 fully saturated rings. The minimum absolute atomic E-state index is 0.0903. The van der Waals surface area contributed by atoms with Crippen LogP contribution < -0.4 is 0 Å². The molecule has 1 unspecified atom stereocenters. The molecule has 0 amide bonds. The SMILES string of the molecule is COC(=O)OC1CCC=NC1. The molecule has 62 valence electrons. The maximum atomic E-state index is 10.6. The van der Waals surface area contributed by atoms with Crippen LogP contribution >= 0.6 is 0 Å². The van der Waals surface area contributed by atoms with Gasteiger partial charge in [-0.3, -0.25) is 4.99 Å². The molecule has 0 saturated heterocycles. The van der Waals surface area contributed by atoms with Crippen molar-refractivity contribution in [2.45, 2.75) is 18.9 Å². The fourth-order valence-electron chi connectivity index (χ4n) is 0.915. The molecule has 0 aromatic carbocycles. The van der Waals surface area contributed by atoms with Gasteiger partial charge in [-0.15, -0.1) is 0 Å². The van der Waals surface area contributed by atoms with E-state index in [1.165, 1.54) is 7.11 Å². The Morgan fingerprint density at radius 2 is 2.55 bits per heavy atom. The highest BCUT2D eigenvalue weighted by atomic mass is 16.7. The standard InChI is InChI=1S/C7H11NO3/c1-10-7(9)11-6-3-2-4-8-5-6/h4,6H,2-3,5H2,1H3. The summed E-state index contributed by atoms with van der Waals surface area (Å²) in [6.45, 7) is 0.565. The van der Waals surface area contributed by atoms with Crippen LogP contribution in [0.5, 0.6) is 0 Å². The number of hydrogen-bond donors (Lipinski definition) is 0. The minimum atomic E-state index is -0.618. The summed E-state index contributed by atoms with van der Waals surface area (Å²) in [5, 5.41) is 0. The van der Waals surface area contributed by atoms with Crippen molar-refractivity contribution < 1.29 is 14.3 Å². The third-order valence-corrected chi connectivity index (χ3v) is 1.49. The lowest BCUT2D eigenvalue weighted by molar-refractivity contribution is 0.0368. The lowest BCUT2D eigenvalue weighted by Gasteiger charge is -2.16. The molecule has 0 bridgehead atoms. The summed E-state index contributed by atoms with van der Waals surface area (Å²) >= 11 is 0. The van der Waals surface area contributed by atoms with E-state index in [1.54, 1.807) is 0 Å². The molecule has 4 heteroatoms. The van der Waals surface area contributed by atoms with Gasteiger partial charge in [0.1, 0.15) is 6.10 Å². The molecule has 0 aliphatic carbocycles. The third-order valence-electron chi connectivity index (χ3n) is 1.49. The number of ether oxygens (including phenoxy) is 2. The lowest BCUT2D eigenvalue weighted by Crippen LogP contribution is -2.23. The smallest absolute Gasteiger partial charge is 0.438 e. The molecule has 1 rings (SSSR count). The minimum Gasteiger partial charge on any atom is -0.438 e. The summed E-state index contributed by atoms with van der Waals surface area (Å²) in [7, 11) is 1.30. The highest BCUT2D eigenvalue weighted by Crippen LogP contribution is 2.07. The topological polar surface area (TPSA) is 47.9 Å². The quantitative estimate of drug-likeness (QED) is 0.533. The fraction of sp³-hybridized carbons (Fsp3) is 0.714. The van der Waals surface area contributed by atoms with Crippen LogP contribution in [0.2, 0.25) is 0 Å². The first-order chi connectivity index (χ1) is 5.33. The Balaban J connectivity index is 2.26. The molecule has 1 atom stereocenters. The first kappa shape index (κ1) is 8.04. The van der Waals surface area contributed by atoms with Gasteiger partial charge in [0.2, 0.25) is 0 Å². The highest BCUT2D eigenvalue weighted by Gasteiger charge is 2.15. The van der Waals surface area contributed by atoms with E-state index in [2.05, 4.69) is 9.73 Å². The maximum absolute atomic E-state index is 10.6. The van der Waals surface area contributed by atoms with E-state index in [0.717, 1.165) is 12.8 Å². The van der Waals surface area contributed by atoms with Crippen molar-refractivity contribution in [2.75, 3.05) is 13.7 Å². The van der Waals surface area contributed by atoms with E-state index < -0.39 is 6.16 Å². The Morgan fingerprint density at radius 3 is 3.09 bits per heavy atom. The second-order valence-corrected chi connectivity index (χ2v) is 2.32. The summed E-state index contributed by atoms with van der Waals surface area (Å²) in [6.07, 6.45) is 2.86. The molecule has 4 nitrogen and oxygen atoms in total. The molecule has 1 aliphatic heterocycles. The number of nitrogens with zero attached hydrogens (tertiary/aromatic N) is 1. The molecule has 0 N–H and O–H groups in total. The summed E-state index contributed by atoms with van der Waals surface area (Å²) in [5.74, 6) is 0. The van der Waals surface area contributed by atoms with Crippen LogP contribution in [-0.2, 0) is 9.47 Å². The molecule has 0 aromatic heterocycles. The number of hydrogen-bond acceptors (Lipinski definition) is 4. The largest absolute Gasteiger partial charge is 0.508 e. The molecule has 1 heterocycles. The van der Waals surface area contributed by atoms with Crippen LogP contribution in [0.1, 0.15) is 12.8 Å². The monoisotopic (exact) mass is 157 g/mol. The Bertz CT molecular complexity index is 167. The maximum Gasteiger partial charge on any atom is 0.508 e. The Kier molecular flexibility index (Phi) is 2.89. The average Bonchev–Trinajstić information content (AvgIpc) is 2.06. The van der Waals surface area contributed by atoms with Crippen molar-refractivity contribution in [2.24, 2.45) is 4.99 Å². The zero-order chi connectivity index (χ0) is 8.10. The van der Waals surface area contributed by atoms with Gasteiger partial charge in [-0.2, -0.15) is 0 Å². The number of carbonyl (C=O) groups is 1. The zero-order valence-corrected chi connectivity index (χ0v) is 6.45.